The van der Waals surface area contributed by atoms with Crippen molar-refractivity contribution >= 4 is 0 Å². The van der Waals surface area contributed by atoms with E-state index in [1.807, 2.05) is 0 Å². The maximum absolute atomic E-state index is 9.53. The van der Waals surface area contributed by atoms with E-state index in [1.165, 1.54) is 19.4 Å². The molecule has 2 atom stereocenters. The summed E-state index contributed by atoms with van der Waals surface area (Å²) in [7, 11) is 2.19. The summed E-state index contributed by atoms with van der Waals surface area (Å²) in [5, 5.41) is 9.53. The van der Waals surface area contributed by atoms with E-state index >= 15 is 0 Å². The first-order valence-electron chi connectivity index (χ1n) is 5.51. The van der Waals surface area contributed by atoms with Crippen molar-refractivity contribution in [3.8, 4) is 0 Å². The molecule has 1 aliphatic heterocycles. The van der Waals surface area contributed by atoms with Crippen LogP contribution in [-0.4, -0.2) is 36.2 Å². The van der Waals surface area contributed by atoms with Crippen molar-refractivity contribution in [2.24, 2.45) is 5.41 Å². The molecule has 0 unspecified atom stereocenters. The van der Waals surface area contributed by atoms with Crippen molar-refractivity contribution in [3.63, 3.8) is 0 Å². The van der Waals surface area contributed by atoms with Crippen LogP contribution in [0.25, 0.3) is 0 Å². The highest BCUT2D eigenvalue weighted by molar-refractivity contribution is 4.93. The minimum absolute atomic E-state index is 0.182. The van der Waals surface area contributed by atoms with Gasteiger partial charge in [-0.2, -0.15) is 0 Å². The molecular weight excluding hydrogens is 162 g/mol. The fourth-order valence-electron chi connectivity index (χ4n) is 2.92. The first-order valence-corrected chi connectivity index (χ1v) is 5.51. The molecule has 1 rings (SSSR count). The highest BCUT2D eigenvalue weighted by Gasteiger charge is 2.40. The lowest BCUT2D eigenvalue weighted by atomic mass is 9.71. The van der Waals surface area contributed by atoms with Crippen LogP contribution in [-0.2, 0) is 0 Å². The van der Waals surface area contributed by atoms with Crippen LogP contribution >= 0.6 is 0 Å². The van der Waals surface area contributed by atoms with Crippen LogP contribution < -0.4 is 0 Å². The summed E-state index contributed by atoms with van der Waals surface area (Å²) in [6.45, 7) is 5.98. The van der Waals surface area contributed by atoms with Crippen molar-refractivity contribution in [1.29, 1.82) is 0 Å². The van der Waals surface area contributed by atoms with E-state index in [-0.39, 0.29) is 5.41 Å². The number of hydrogen-bond donors (Lipinski definition) is 1. The number of rotatable bonds is 3. The van der Waals surface area contributed by atoms with Gasteiger partial charge in [-0.15, -0.1) is 0 Å². The molecule has 0 saturated carbocycles. The van der Waals surface area contributed by atoms with Gasteiger partial charge in [0.25, 0.3) is 0 Å². The summed E-state index contributed by atoms with van der Waals surface area (Å²) in [6.07, 6.45) is 4.70. The molecule has 0 radical (unpaired) electrons. The van der Waals surface area contributed by atoms with E-state index in [1.54, 1.807) is 0 Å². The van der Waals surface area contributed by atoms with Crippen molar-refractivity contribution in [2.75, 3.05) is 20.2 Å². The first kappa shape index (κ1) is 11.0. The Hall–Kier alpha value is -0.0800. The number of aliphatic hydroxyl groups is 1. The van der Waals surface area contributed by atoms with Crippen LogP contribution in [0.1, 0.15) is 39.5 Å². The molecule has 0 amide bonds. The van der Waals surface area contributed by atoms with Gasteiger partial charge in [0.1, 0.15) is 0 Å². The molecule has 2 nitrogen and oxygen atoms in total. The second-order valence-electron chi connectivity index (χ2n) is 4.38. The van der Waals surface area contributed by atoms with Crippen LogP contribution in [0.4, 0.5) is 0 Å². The number of piperidine rings is 1. The topological polar surface area (TPSA) is 23.5 Å². The van der Waals surface area contributed by atoms with Gasteiger partial charge in [0.15, 0.2) is 0 Å². The third-order valence-electron chi connectivity index (χ3n) is 3.83. The Balaban J connectivity index is 2.78. The van der Waals surface area contributed by atoms with Crippen LogP contribution in [0.5, 0.6) is 0 Å². The van der Waals surface area contributed by atoms with E-state index in [0.29, 0.717) is 12.6 Å². The lowest BCUT2D eigenvalue weighted by Gasteiger charge is -2.47. The lowest BCUT2D eigenvalue weighted by Crippen LogP contribution is -2.51. The van der Waals surface area contributed by atoms with Crippen LogP contribution in [0.2, 0.25) is 0 Å². The van der Waals surface area contributed by atoms with Gasteiger partial charge < -0.3 is 10.0 Å². The Morgan fingerprint density at radius 3 is 2.54 bits per heavy atom. The predicted molar refractivity (Wildman–Crippen MR) is 55.8 cm³/mol. The van der Waals surface area contributed by atoms with Gasteiger partial charge in [0, 0.05) is 11.5 Å². The molecule has 0 aromatic heterocycles. The quantitative estimate of drug-likeness (QED) is 0.725. The molecule has 1 fully saturated rings. The fraction of sp³-hybridized carbons (Fsp3) is 1.00. The molecule has 2 heteroatoms. The molecule has 1 heterocycles. The van der Waals surface area contributed by atoms with Gasteiger partial charge in [-0.3, -0.25) is 0 Å². The van der Waals surface area contributed by atoms with E-state index in [9.17, 15) is 5.11 Å². The molecule has 0 aliphatic carbocycles. The largest absolute Gasteiger partial charge is 0.396 e. The second kappa shape index (κ2) is 4.43. The smallest absolute Gasteiger partial charge is 0.0502 e. The maximum atomic E-state index is 9.53. The lowest BCUT2D eigenvalue weighted by molar-refractivity contribution is -0.0192. The van der Waals surface area contributed by atoms with Crippen LogP contribution in [0.15, 0.2) is 0 Å². The van der Waals surface area contributed by atoms with Gasteiger partial charge >= 0.3 is 0 Å². The number of nitrogens with zero attached hydrogens (tertiary/aromatic N) is 1. The third-order valence-corrected chi connectivity index (χ3v) is 3.83. The van der Waals surface area contributed by atoms with Gasteiger partial charge in [0.2, 0.25) is 0 Å². The summed E-state index contributed by atoms with van der Waals surface area (Å²) in [5.74, 6) is 0. The average Bonchev–Trinajstić information content (AvgIpc) is 2.17. The zero-order valence-electron chi connectivity index (χ0n) is 9.21. The summed E-state index contributed by atoms with van der Waals surface area (Å²) >= 11 is 0. The zero-order chi connectivity index (χ0) is 9.90. The molecule has 0 aromatic carbocycles. The van der Waals surface area contributed by atoms with Gasteiger partial charge in [-0.05, 0) is 39.3 Å². The maximum Gasteiger partial charge on any atom is 0.0502 e. The van der Waals surface area contributed by atoms with E-state index in [2.05, 4.69) is 25.8 Å². The van der Waals surface area contributed by atoms with Crippen molar-refractivity contribution < 1.29 is 5.11 Å². The summed E-state index contributed by atoms with van der Waals surface area (Å²) < 4.78 is 0. The van der Waals surface area contributed by atoms with Crippen LogP contribution in [0, 0.1) is 5.41 Å². The van der Waals surface area contributed by atoms with Crippen LogP contribution in [0.3, 0.4) is 0 Å². The van der Waals surface area contributed by atoms with E-state index in [0.717, 1.165) is 12.8 Å². The molecule has 1 aliphatic rings. The number of hydrogen-bond acceptors (Lipinski definition) is 2. The minimum Gasteiger partial charge on any atom is -0.396 e. The predicted octanol–water partition coefficient (Wildman–Crippen LogP) is 1.88. The summed E-state index contributed by atoms with van der Waals surface area (Å²) in [5.41, 5.74) is 0.182. The zero-order valence-corrected chi connectivity index (χ0v) is 9.21. The standard InChI is InChI=1S/C11H23NO/c1-4-10-11(5-2,9-13)7-6-8-12(10)3/h10,13H,4-9H2,1-3H3/t10-,11-/m1/s1. The third kappa shape index (κ3) is 1.89. The molecule has 1 saturated heterocycles. The van der Waals surface area contributed by atoms with Gasteiger partial charge in [-0.25, -0.2) is 0 Å². The van der Waals surface area contributed by atoms with Gasteiger partial charge in [-0.1, -0.05) is 13.8 Å². The Morgan fingerprint density at radius 1 is 1.46 bits per heavy atom. The van der Waals surface area contributed by atoms with Crippen molar-refractivity contribution in [3.05, 3.63) is 0 Å². The molecule has 1 N–H and O–H groups in total. The summed E-state index contributed by atoms with van der Waals surface area (Å²) in [6, 6.07) is 0.580. The average molecular weight is 185 g/mol. The molecule has 0 spiro atoms. The molecule has 0 bridgehead atoms. The van der Waals surface area contributed by atoms with Gasteiger partial charge in [0.05, 0.1) is 6.61 Å². The Kier molecular flexibility index (Phi) is 3.74. The summed E-state index contributed by atoms with van der Waals surface area (Å²) in [4.78, 5) is 2.42. The molecule has 13 heavy (non-hydrogen) atoms. The highest BCUT2D eigenvalue weighted by atomic mass is 16.3. The van der Waals surface area contributed by atoms with Crippen molar-refractivity contribution in [2.45, 2.75) is 45.6 Å². The highest BCUT2D eigenvalue weighted by Crippen LogP contribution is 2.39. The first-order chi connectivity index (χ1) is 6.20. The Labute approximate surface area is 81.9 Å². The minimum atomic E-state index is 0.182. The van der Waals surface area contributed by atoms with E-state index in [4.69, 9.17) is 0 Å². The Morgan fingerprint density at radius 2 is 2.15 bits per heavy atom. The SMILES string of the molecule is CC[C@H]1N(C)CCC[C@]1(CC)CO. The second-order valence-corrected chi connectivity index (χ2v) is 4.38. The molecule has 0 aromatic rings. The van der Waals surface area contributed by atoms with Crippen molar-refractivity contribution in [1.82, 2.24) is 4.90 Å². The molecular formula is C11H23NO. The number of aliphatic hydroxyl groups excluding tert-OH is 1. The number of likely N-dealkylation sites (tertiary alicyclic amines) is 1. The Bertz CT molecular complexity index is 154. The normalized spacial score (nSPS) is 36.5. The monoisotopic (exact) mass is 185 g/mol. The van der Waals surface area contributed by atoms with E-state index < -0.39 is 0 Å². The molecule has 78 valence electrons. The fourth-order valence-corrected chi connectivity index (χ4v) is 2.92.